The van der Waals surface area contributed by atoms with Gasteiger partial charge in [-0.25, -0.2) is 0 Å². The Kier molecular flexibility index (Phi) is 23.4. The van der Waals surface area contributed by atoms with Gasteiger partial charge in [0.25, 0.3) is 0 Å². The highest BCUT2D eigenvalue weighted by atomic mass is 14.5. The molecule has 4 aromatic rings. The molecule has 58 heavy (non-hydrogen) atoms. The molecule has 0 saturated heterocycles. The van der Waals surface area contributed by atoms with E-state index in [1.54, 1.807) is 0 Å². The SMILES string of the molecule is CCCCCCCCCCCC(c1ccc(N)cc1)c1ccc(CC(CCCCCC)c2ccc(C(CCCCCCCCCCC)c3ccc(N)cc3)cc2)cc1. The van der Waals surface area contributed by atoms with Crippen LogP contribution >= 0.6 is 0 Å². The number of nitrogen functional groups attached to an aromatic ring is 2. The normalized spacial score (nSPS) is 13.1. The second-order valence-corrected chi connectivity index (χ2v) is 17.8. The van der Waals surface area contributed by atoms with E-state index in [4.69, 9.17) is 11.5 Å². The summed E-state index contributed by atoms with van der Waals surface area (Å²) in [6.45, 7) is 6.92. The van der Waals surface area contributed by atoms with Crippen LogP contribution in [0.3, 0.4) is 0 Å². The summed E-state index contributed by atoms with van der Waals surface area (Å²) in [5.41, 5.74) is 22.6. The Labute approximate surface area is 357 Å². The molecule has 3 unspecified atom stereocenters. The van der Waals surface area contributed by atoms with Crippen LogP contribution in [0.1, 0.15) is 232 Å². The van der Waals surface area contributed by atoms with Crippen molar-refractivity contribution in [2.24, 2.45) is 0 Å². The molecule has 2 heteroatoms. The van der Waals surface area contributed by atoms with Crippen molar-refractivity contribution in [1.29, 1.82) is 0 Å². The summed E-state index contributed by atoms with van der Waals surface area (Å²) in [6.07, 6.45) is 34.5. The van der Waals surface area contributed by atoms with E-state index in [0.29, 0.717) is 17.8 Å². The molecule has 0 aliphatic rings. The van der Waals surface area contributed by atoms with Crippen LogP contribution in [0.4, 0.5) is 11.4 Å². The zero-order chi connectivity index (χ0) is 41.0. The number of unbranched alkanes of at least 4 members (excludes halogenated alkanes) is 19. The minimum atomic E-state index is 0.416. The van der Waals surface area contributed by atoms with E-state index in [1.807, 2.05) is 0 Å². The molecule has 4 N–H and O–H groups in total. The highest BCUT2D eigenvalue weighted by Gasteiger charge is 2.19. The van der Waals surface area contributed by atoms with Gasteiger partial charge in [0.05, 0.1) is 0 Å². The van der Waals surface area contributed by atoms with Crippen molar-refractivity contribution in [2.75, 3.05) is 11.5 Å². The molecular weight excluding hydrogens is 701 g/mol. The van der Waals surface area contributed by atoms with Crippen molar-refractivity contribution in [2.45, 2.75) is 205 Å². The van der Waals surface area contributed by atoms with Crippen molar-refractivity contribution < 1.29 is 0 Å². The first-order chi connectivity index (χ1) is 28.5. The van der Waals surface area contributed by atoms with Gasteiger partial charge in [-0.3, -0.25) is 0 Å². The van der Waals surface area contributed by atoms with E-state index in [9.17, 15) is 0 Å². The Hall–Kier alpha value is -3.52. The van der Waals surface area contributed by atoms with Crippen LogP contribution in [0, 0.1) is 0 Å². The third kappa shape index (κ3) is 17.8. The minimum Gasteiger partial charge on any atom is -0.399 e. The predicted octanol–water partition coefficient (Wildman–Crippen LogP) is 17.3. The zero-order valence-electron chi connectivity index (χ0n) is 37.5. The molecule has 4 rings (SSSR count). The van der Waals surface area contributed by atoms with Gasteiger partial charge in [0.1, 0.15) is 0 Å². The Morgan fingerprint density at radius 3 is 0.966 bits per heavy atom. The average molecular weight is 785 g/mol. The number of hydrogen-bond donors (Lipinski definition) is 2. The van der Waals surface area contributed by atoms with Crippen LogP contribution in [0.25, 0.3) is 0 Å². The number of rotatable bonds is 32. The molecule has 0 aliphatic carbocycles. The first-order valence-corrected chi connectivity index (χ1v) is 24.4. The topological polar surface area (TPSA) is 52.0 Å². The Morgan fingerprint density at radius 2 is 0.586 bits per heavy atom. The van der Waals surface area contributed by atoms with Crippen molar-refractivity contribution in [3.05, 3.63) is 130 Å². The number of benzene rings is 4. The molecule has 318 valence electrons. The van der Waals surface area contributed by atoms with Crippen LogP contribution in [0.15, 0.2) is 97.1 Å². The fraction of sp³-hybridized carbons (Fsp3) is 0.571. The second kappa shape index (κ2) is 28.8. The molecule has 2 nitrogen and oxygen atoms in total. The van der Waals surface area contributed by atoms with Gasteiger partial charge in [-0.2, -0.15) is 0 Å². The van der Waals surface area contributed by atoms with E-state index in [-0.39, 0.29) is 0 Å². The summed E-state index contributed by atoms with van der Waals surface area (Å²) >= 11 is 0. The summed E-state index contributed by atoms with van der Waals surface area (Å²) in [7, 11) is 0. The van der Waals surface area contributed by atoms with Gasteiger partial charge in [0.2, 0.25) is 0 Å². The smallest absolute Gasteiger partial charge is 0.0314 e. The summed E-state index contributed by atoms with van der Waals surface area (Å²) in [5.74, 6) is 1.36. The van der Waals surface area contributed by atoms with Crippen LogP contribution in [-0.4, -0.2) is 0 Å². The molecule has 0 bridgehead atoms. The first kappa shape index (κ1) is 47.2. The minimum absolute atomic E-state index is 0.416. The monoisotopic (exact) mass is 785 g/mol. The van der Waals surface area contributed by atoms with Crippen molar-refractivity contribution >= 4 is 11.4 Å². The molecule has 0 aromatic heterocycles. The van der Waals surface area contributed by atoms with E-state index in [2.05, 4.69) is 118 Å². The molecule has 3 atom stereocenters. The van der Waals surface area contributed by atoms with Gasteiger partial charge < -0.3 is 11.5 Å². The van der Waals surface area contributed by atoms with E-state index in [0.717, 1.165) is 17.8 Å². The first-order valence-electron chi connectivity index (χ1n) is 24.4. The van der Waals surface area contributed by atoms with Gasteiger partial charge >= 0.3 is 0 Å². The molecule has 0 fully saturated rings. The Balaban J connectivity index is 1.42. The largest absolute Gasteiger partial charge is 0.399 e. The highest BCUT2D eigenvalue weighted by molar-refractivity contribution is 5.44. The maximum atomic E-state index is 6.14. The zero-order valence-corrected chi connectivity index (χ0v) is 37.5. The summed E-state index contributed by atoms with van der Waals surface area (Å²) in [6, 6.07) is 36.9. The lowest BCUT2D eigenvalue weighted by molar-refractivity contribution is 0.544. The fourth-order valence-electron chi connectivity index (χ4n) is 9.20. The maximum absolute atomic E-state index is 6.14. The third-order valence-electron chi connectivity index (χ3n) is 13.0. The number of anilines is 2. The molecule has 4 aromatic carbocycles. The summed E-state index contributed by atoms with van der Waals surface area (Å²) in [4.78, 5) is 0. The summed E-state index contributed by atoms with van der Waals surface area (Å²) in [5, 5.41) is 0. The molecule has 0 saturated carbocycles. The average Bonchev–Trinajstić information content (AvgIpc) is 3.25. The van der Waals surface area contributed by atoms with Crippen LogP contribution in [0.5, 0.6) is 0 Å². The van der Waals surface area contributed by atoms with Gasteiger partial charge in [0.15, 0.2) is 0 Å². The maximum Gasteiger partial charge on any atom is 0.0314 e. The fourth-order valence-corrected chi connectivity index (χ4v) is 9.20. The lowest BCUT2D eigenvalue weighted by atomic mass is 9.82. The molecule has 0 aliphatic heterocycles. The number of hydrogen-bond acceptors (Lipinski definition) is 2. The van der Waals surface area contributed by atoms with E-state index in [1.165, 1.54) is 194 Å². The van der Waals surface area contributed by atoms with Crippen molar-refractivity contribution in [3.63, 3.8) is 0 Å². The van der Waals surface area contributed by atoms with Crippen molar-refractivity contribution in [3.8, 4) is 0 Å². The molecular formula is C56H84N2. The van der Waals surface area contributed by atoms with E-state index >= 15 is 0 Å². The lowest BCUT2D eigenvalue weighted by Crippen LogP contribution is -2.07. The predicted molar refractivity (Wildman–Crippen MR) is 257 cm³/mol. The van der Waals surface area contributed by atoms with Gasteiger partial charge in [0, 0.05) is 23.2 Å². The van der Waals surface area contributed by atoms with Crippen LogP contribution in [0.2, 0.25) is 0 Å². The molecule has 0 spiro atoms. The molecule has 0 heterocycles. The van der Waals surface area contributed by atoms with Crippen LogP contribution < -0.4 is 11.5 Å². The third-order valence-corrected chi connectivity index (χ3v) is 13.0. The Morgan fingerprint density at radius 1 is 0.310 bits per heavy atom. The van der Waals surface area contributed by atoms with Gasteiger partial charge in [-0.05, 0) is 89.2 Å². The molecule has 0 radical (unpaired) electrons. The standard InChI is InChI=1S/C56H84N2/c1-4-7-10-13-15-17-19-21-24-27-55(50-37-41-53(57)42-38-50)48-31-29-46(30-32-48)45-52(26-23-12-9-6-3)47-33-35-49(36-34-47)56(51-39-43-54(58)44-40-51)28-25-22-20-18-16-14-11-8-5-2/h29-44,52,55-56H,4-28,45,57-58H2,1-3H3. The van der Waals surface area contributed by atoms with Gasteiger partial charge in [-0.15, -0.1) is 0 Å². The Bertz CT molecular complexity index is 1570. The number of nitrogens with two attached hydrogens (primary N) is 2. The van der Waals surface area contributed by atoms with Gasteiger partial charge in [-0.1, -0.05) is 235 Å². The second-order valence-electron chi connectivity index (χ2n) is 17.8. The van der Waals surface area contributed by atoms with E-state index < -0.39 is 0 Å². The van der Waals surface area contributed by atoms with Crippen molar-refractivity contribution in [1.82, 2.24) is 0 Å². The molecule has 0 amide bonds. The van der Waals surface area contributed by atoms with Crippen LogP contribution in [-0.2, 0) is 6.42 Å². The summed E-state index contributed by atoms with van der Waals surface area (Å²) < 4.78 is 0. The quantitative estimate of drug-likeness (QED) is 0.0383. The highest BCUT2D eigenvalue weighted by Crippen LogP contribution is 2.35. The lowest BCUT2D eigenvalue weighted by Gasteiger charge is -2.22.